The smallest absolute Gasteiger partial charge is 0.307 e. The molecule has 0 radical (unpaired) electrons. The van der Waals surface area contributed by atoms with E-state index in [4.69, 9.17) is 0 Å². The number of nitrogens with zero attached hydrogens (tertiary/aromatic N) is 1. The molecule has 2 N–H and O–H groups in total. The van der Waals surface area contributed by atoms with E-state index < -0.39 is 45.4 Å². The van der Waals surface area contributed by atoms with Crippen LogP contribution in [0, 0.1) is 21.7 Å². The van der Waals surface area contributed by atoms with Crippen molar-refractivity contribution in [1.82, 2.24) is 5.32 Å². The minimum absolute atomic E-state index is 0.347. The Morgan fingerprint density at radius 2 is 1.95 bits per heavy atom. The maximum Gasteiger partial charge on any atom is 0.307 e. The lowest BCUT2D eigenvalue weighted by Crippen LogP contribution is -2.51. The highest BCUT2D eigenvalue weighted by atomic mass is 19.1. The minimum Gasteiger partial charge on any atom is -0.391 e. The molecule has 0 saturated carbocycles. The van der Waals surface area contributed by atoms with Gasteiger partial charge in [0.05, 0.1) is 28.2 Å². The lowest BCUT2D eigenvalue weighted by Gasteiger charge is -2.29. The summed E-state index contributed by atoms with van der Waals surface area (Å²) >= 11 is 0. The predicted octanol–water partition coefficient (Wildman–Crippen LogP) is 1.76. The maximum absolute atomic E-state index is 13.6. The summed E-state index contributed by atoms with van der Waals surface area (Å²) < 4.78 is 27.0. The van der Waals surface area contributed by atoms with E-state index in [1.54, 1.807) is 0 Å². The molecule has 0 aliphatic heterocycles. The van der Waals surface area contributed by atoms with Crippen molar-refractivity contribution in [2.45, 2.75) is 32.4 Å². The van der Waals surface area contributed by atoms with Gasteiger partial charge < -0.3 is 10.4 Å². The molecule has 1 aromatic rings. The lowest BCUT2D eigenvalue weighted by molar-refractivity contribution is -0.387. The summed E-state index contributed by atoms with van der Waals surface area (Å²) in [6.45, 7) is 4.41. The minimum atomic E-state index is -1.31. The molecule has 1 aromatic carbocycles. The van der Waals surface area contributed by atoms with Crippen LogP contribution in [-0.4, -0.2) is 27.6 Å². The van der Waals surface area contributed by atoms with Crippen LogP contribution >= 0.6 is 0 Å². The van der Waals surface area contributed by atoms with E-state index in [0.717, 1.165) is 0 Å². The number of benzene rings is 1. The number of rotatable bonds is 4. The molecular weight excluding hydrogens is 274 g/mol. The molecule has 20 heavy (non-hydrogen) atoms. The average molecular weight is 288 g/mol. The zero-order valence-corrected chi connectivity index (χ0v) is 11.1. The van der Waals surface area contributed by atoms with Crippen LogP contribution in [0.4, 0.5) is 14.5 Å². The van der Waals surface area contributed by atoms with Crippen LogP contribution in [0.15, 0.2) is 12.1 Å². The van der Waals surface area contributed by atoms with Crippen molar-refractivity contribution in [1.29, 1.82) is 0 Å². The molecule has 0 heterocycles. The van der Waals surface area contributed by atoms with E-state index in [2.05, 4.69) is 5.32 Å². The number of nitro groups is 1. The quantitative estimate of drug-likeness (QED) is 0.652. The first-order valence-electron chi connectivity index (χ1n) is 5.70. The normalized spacial score (nSPS) is 12.9. The maximum atomic E-state index is 13.6. The molecule has 1 amide bonds. The van der Waals surface area contributed by atoms with Gasteiger partial charge in [-0.05, 0) is 26.8 Å². The molecule has 0 bridgehead atoms. The van der Waals surface area contributed by atoms with Gasteiger partial charge in [-0.25, -0.2) is 4.39 Å². The van der Waals surface area contributed by atoms with Gasteiger partial charge in [-0.3, -0.25) is 14.9 Å². The van der Waals surface area contributed by atoms with E-state index in [1.165, 1.54) is 20.8 Å². The molecule has 0 aliphatic carbocycles. The Hall–Kier alpha value is -2.09. The van der Waals surface area contributed by atoms with Crippen LogP contribution in [0.2, 0.25) is 0 Å². The molecule has 110 valence electrons. The van der Waals surface area contributed by atoms with Gasteiger partial charge in [0.25, 0.3) is 5.91 Å². The summed E-state index contributed by atoms with van der Waals surface area (Å²) in [6, 6.07) is 0.806. The van der Waals surface area contributed by atoms with Gasteiger partial charge in [-0.2, -0.15) is 4.39 Å². The number of amides is 1. The van der Waals surface area contributed by atoms with Crippen LogP contribution in [0.5, 0.6) is 0 Å². The number of nitrogens with one attached hydrogen (secondary N) is 1. The molecule has 1 unspecified atom stereocenters. The first kappa shape index (κ1) is 16.0. The van der Waals surface area contributed by atoms with Crippen molar-refractivity contribution in [2.24, 2.45) is 0 Å². The van der Waals surface area contributed by atoms with E-state index in [9.17, 15) is 28.8 Å². The van der Waals surface area contributed by atoms with Crippen LogP contribution in [0.25, 0.3) is 0 Å². The summed E-state index contributed by atoms with van der Waals surface area (Å²) in [5, 5.41) is 22.2. The lowest BCUT2D eigenvalue weighted by atomic mass is 9.98. The number of carbonyl (C=O) groups excluding carboxylic acids is 1. The second-order valence-electron chi connectivity index (χ2n) is 4.89. The topological polar surface area (TPSA) is 92.5 Å². The Bertz CT molecular complexity index is 559. The largest absolute Gasteiger partial charge is 0.391 e. The van der Waals surface area contributed by atoms with Gasteiger partial charge >= 0.3 is 5.69 Å². The number of aliphatic hydroxyl groups excluding tert-OH is 1. The first-order chi connectivity index (χ1) is 9.06. The molecule has 0 fully saturated rings. The molecule has 0 saturated heterocycles. The molecule has 0 aromatic heterocycles. The highest BCUT2D eigenvalue weighted by molar-refractivity contribution is 5.95. The summed E-state index contributed by atoms with van der Waals surface area (Å²) in [7, 11) is 0. The molecular formula is C12H14F2N2O4. The van der Waals surface area contributed by atoms with Crippen molar-refractivity contribution in [3.63, 3.8) is 0 Å². The van der Waals surface area contributed by atoms with Crippen LogP contribution in [0.1, 0.15) is 31.1 Å². The standard InChI is InChI=1S/C12H14F2N2O4/c1-6(17)12(2,3)15-11(18)7-4-9(14)10(16(19)20)5-8(7)13/h4-6,17H,1-3H3,(H,15,18). The van der Waals surface area contributed by atoms with Gasteiger partial charge in [-0.1, -0.05) is 0 Å². The third kappa shape index (κ3) is 3.27. The highest BCUT2D eigenvalue weighted by Crippen LogP contribution is 2.22. The van der Waals surface area contributed by atoms with Gasteiger partial charge in [0.2, 0.25) is 5.82 Å². The van der Waals surface area contributed by atoms with E-state index in [-0.39, 0.29) is 0 Å². The van der Waals surface area contributed by atoms with E-state index >= 15 is 0 Å². The van der Waals surface area contributed by atoms with Crippen molar-refractivity contribution >= 4 is 11.6 Å². The SMILES string of the molecule is CC(O)C(C)(C)NC(=O)c1cc(F)c([N+](=O)[O-])cc1F. The van der Waals surface area contributed by atoms with Gasteiger partial charge in [0, 0.05) is 0 Å². The van der Waals surface area contributed by atoms with Crippen LogP contribution < -0.4 is 5.32 Å². The molecule has 0 aliphatic rings. The monoisotopic (exact) mass is 288 g/mol. The highest BCUT2D eigenvalue weighted by Gasteiger charge is 2.29. The fraction of sp³-hybridized carbons (Fsp3) is 0.417. The Morgan fingerprint density at radius 1 is 1.40 bits per heavy atom. The average Bonchev–Trinajstić information content (AvgIpc) is 2.30. The Labute approximate surface area is 113 Å². The number of halogens is 2. The molecule has 0 spiro atoms. The van der Waals surface area contributed by atoms with Crippen molar-refractivity contribution in [3.8, 4) is 0 Å². The number of carbonyl (C=O) groups is 1. The zero-order valence-electron chi connectivity index (χ0n) is 11.1. The van der Waals surface area contributed by atoms with E-state index in [0.29, 0.717) is 12.1 Å². The summed E-state index contributed by atoms with van der Waals surface area (Å²) in [6.07, 6.45) is -0.933. The molecule has 6 nitrogen and oxygen atoms in total. The van der Waals surface area contributed by atoms with Crippen molar-refractivity contribution in [2.75, 3.05) is 0 Å². The predicted molar refractivity (Wildman–Crippen MR) is 66.2 cm³/mol. The van der Waals surface area contributed by atoms with Crippen molar-refractivity contribution < 1.29 is 23.6 Å². The second kappa shape index (κ2) is 5.49. The second-order valence-corrected chi connectivity index (χ2v) is 4.89. The Kier molecular flexibility index (Phi) is 4.39. The Balaban J connectivity index is 3.12. The molecule has 8 heteroatoms. The third-order valence-corrected chi connectivity index (χ3v) is 2.96. The fourth-order valence-electron chi connectivity index (χ4n) is 1.31. The third-order valence-electron chi connectivity index (χ3n) is 2.96. The number of hydrogen-bond donors (Lipinski definition) is 2. The van der Waals surface area contributed by atoms with Crippen LogP contribution in [-0.2, 0) is 0 Å². The van der Waals surface area contributed by atoms with Gasteiger partial charge in [0.1, 0.15) is 5.82 Å². The molecule has 1 atom stereocenters. The van der Waals surface area contributed by atoms with Crippen molar-refractivity contribution in [3.05, 3.63) is 39.4 Å². The number of nitro benzene ring substituents is 1. The van der Waals surface area contributed by atoms with Crippen LogP contribution in [0.3, 0.4) is 0 Å². The first-order valence-corrected chi connectivity index (χ1v) is 5.70. The summed E-state index contributed by atoms with van der Waals surface area (Å²) in [4.78, 5) is 21.2. The number of aliphatic hydroxyl groups is 1. The van der Waals surface area contributed by atoms with Gasteiger partial charge in [-0.15, -0.1) is 0 Å². The van der Waals surface area contributed by atoms with Gasteiger partial charge in [0.15, 0.2) is 0 Å². The summed E-state index contributed by atoms with van der Waals surface area (Å²) in [5.41, 5.74) is -2.78. The zero-order chi connectivity index (χ0) is 15.7. The fourth-order valence-corrected chi connectivity index (χ4v) is 1.31. The summed E-state index contributed by atoms with van der Waals surface area (Å²) in [5.74, 6) is -3.49. The number of hydrogen-bond acceptors (Lipinski definition) is 4. The molecule has 1 rings (SSSR count). The van der Waals surface area contributed by atoms with E-state index in [1.807, 2.05) is 0 Å². The Morgan fingerprint density at radius 3 is 2.40 bits per heavy atom.